The van der Waals surface area contributed by atoms with Crippen LogP contribution in [0.15, 0.2) is 78.3 Å². The highest BCUT2D eigenvalue weighted by atomic mass is 35.5. The third-order valence-electron chi connectivity index (χ3n) is 6.54. The van der Waals surface area contributed by atoms with E-state index in [1.165, 1.54) is 13.4 Å². The summed E-state index contributed by atoms with van der Waals surface area (Å²) in [5, 5.41) is 11.2. The van der Waals surface area contributed by atoms with Crippen LogP contribution in [0.5, 0.6) is 23.0 Å². The Balaban J connectivity index is 1.48. The molecule has 0 aliphatic carbocycles. The van der Waals surface area contributed by atoms with Crippen molar-refractivity contribution in [2.45, 2.75) is 19.6 Å². The van der Waals surface area contributed by atoms with E-state index in [-0.39, 0.29) is 12.5 Å². The Morgan fingerprint density at radius 1 is 1.00 bits per heavy atom. The first kappa shape index (κ1) is 26.9. The number of ether oxygens (including phenoxy) is 4. The van der Waals surface area contributed by atoms with Crippen LogP contribution in [0.1, 0.15) is 24.1 Å². The van der Waals surface area contributed by atoms with Crippen LogP contribution in [-0.2, 0) is 11.4 Å². The molecule has 1 aliphatic rings. The summed E-state index contributed by atoms with van der Waals surface area (Å²) in [6.45, 7) is 2.09. The van der Waals surface area contributed by atoms with Gasteiger partial charge in [0.2, 0.25) is 5.95 Å². The molecule has 5 rings (SSSR count). The second-order valence-corrected chi connectivity index (χ2v) is 9.31. The average molecular weight is 562 g/mol. The summed E-state index contributed by atoms with van der Waals surface area (Å²) in [4.78, 5) is 18.1. The minimum atomic E-state index is -0.602. The van der Waals surface area contributed by atoms with Gasteiger partial charge in [-0.2, -0.15) is 10.1 Å². The second kappa shape index (κ2) is 11.6. The third kappa shape index (κ3) is 5.26. The van der Waals surface area contributed by atoms with Gasteiger partial charge in [-0.3, -0.25) is 4.79 Å². The zero-order valence-electron chi connectivity index (χ0n) is 22.4. The molecule has 1 aliphatic heterocycles. The average Bonchev–Trinajstić information content (AvgIpc) is 3.44. The van der Waals surface area contributed by atoms with Gasteiger partial charge < -0.3 is 29.6 Å². The van der Waals surface area contributed by atoms with Crippen molar-refractivity contribution in [2.75, 3.05) is 32.0 Å². The van der Waals surface area contributed by atoms with Gasteiger partial charge in [0, 0.05) is 22.3 Å². The summed E-state index contributed by atoms with van der Waals surface area (Å²) in [5.41, 5.74) is 3.18. The minimum Gasteiger partial charge on any atom is -0.497 e. The lowest BCUT2D eigenvalue weighted by molar-refractivity contribution is -0.113. The predicted molar refractivity (Wildman–Crippen MR) is 151 cm³/mol. The van der Waals surface area contributed by atoms with Crippen molar-refractivity contribution >= 4 is 29.1 Å². The van der Waals surface area contributed by atoms with Gasteiger partial charge in [0.15, 0.2) is 11.5 Å². The number of benzene rings is 3. The third-order valence-corrected chi connectivity index (χ3v) is 6.91. The van der Waals surface area contributed by atoms with Crippen molar-refractivity contribution in [3.63, 3.8) is 0 Å². The SMILES string of the molecule is COc1ccc(NC(=O)C2=C(C)Nc3ncnn3[C@@H]2c2ccc(OCc3ccccc3Cl)c(OC)c2)c(OC)c1. The van der Waals surface area contributed by atoms with Gasteiger partial charge >= 0.3 is 0 Å². The number of aromatic nitrogens is 3. The van der Waals surface area contributed by atoms with Gasteiger partial charge in [-0.1, -0.05) is 35.9 Å². The Morgan fingerprint density at radius 2 is 1.80 bits per heavy atom. The largest absolute Gasteiger partial charge is 0.497 e. The van der Waals surface area contributed by atoms with Crippen molar-refractivity contribution in [3.8, 4) is 23.0 Å². The van der Waals surface area contributed by atoms with E-state index in [4.69, 9.17) is 30.5 Å². The smallest absolute Gasteiger partial charge is 0.255 e. The number of methoxy groups -OCH3 is 3. The summed E-state index contributed by atoms with van der Waals surface area (Å²) < 4.78 is 24.1. The van der Waals surface area contributed by atoms with E-state index < -0.39 is 6.04 Å². The number of carbonyl (C=O) groups is 1. The number of hydrogen-bond acceptors (Lipinski definition) is 8. The number of halogens is 1. The standard InChI is InChI=1S/C29H28ClN5O5/c1-17-26(28(36)34-22-11-10-20(37-2)14-24(22)38-3)27(35-29(33-17)31-16-32-35)18-9-12-23(25(13-18)39-4)40-15-19-7-5-6-8-21(19)30/h5-14,16,27H,15H2,1-4H3,(H,34,36)(H,31,32,33)/t27-/m1/s1. The Morgan fingerprint density at radius 3 is 2.55 bits per heavy atom. The van der Waals surface area contributed by atoms with Gasteiger partial charge in [-0.05, 0) is 42.8 Å². The van der Waals surface area contributed by atoms with E-state index in [2.05, 4.69) is 20.7 Å². The van der Waals surface area contributed by atoms with Crippen LogP contribution in [0.2, 0.25) is 5.02 Å². The Kier molecular flexibility index (Phi) is 7.79. The quantitative estimate of drug-likeness (QED) is 0.277. The van der Waals surface area contributed by atoms with Crippen molar-refractivity contribution in [1.82, 2.24) is 14.8 Å². The fourth-order valence-corrected chi connectivity index (χ4v) is 4.72. The normalized spacial score (nSPS) is 14.2. The highest BCUT2D eigenvalue weighted by Crippen LogP contribution is 2.40. The zero-order valence-corrected chi connectivity index (χ0v) is 23.2. The Labute approximate surface area is 236 Å². The molecule has 0 unspecified atom stereocenters. The summed E-state index contributed by atoms with van der Waals surface area (Å²) in [6.07, 6.45) is 1.44. The van der Waals surface area contributed by atoms with Crippen molar-refractivity contribution in [2.24, 2.45) is 0 Å². The van der Waals surface area contributed by atoms with Gasteiger partial charge in [-0.25, -0.2) is 4.68 Å². The maximum absolute atomic E-state index is 13.8. The molecule has 1 atom stereocenters. The fraction of sp³-hybridized carbons (Fsp3) is 0.207. The van der Waals surface area contributed by atoms with Crippen molar-refractivity contribution in [3.05, 3.63) is 94.4 Å². The molecule has 1 amide bonds. The van der Waals surface area contributed by atoms with E-state index in [9.17, 15) is 4.79 Å². The van der Waals surface area contributed by atoms with Crippen LogP contribution in [0.4, 0.5) is 11.6 Å². The number of nitrogens with zero attached hydrogens (tertiary/aromatic N) is 3. The second-order valence-electron chi connectivity index (χ2n) is 8.91. The zero-order chi connectivity index (χ0) is 28.2. The molecule has 2 N–H and O–H groups in total. The lowest BCUT2D eigenvalue weighted by Crippen LogP contribution is -2.31. The summed E-state index contributed by atoms with van der Waals surface area (Å²) in [6, 6.07) is 17.6. The Hall–Kier alpha value is -4.70. The molecule has 0 saturated heterocycles. The van der Waals surface area contributed by atoms with E-state index in [1.54, 1.807) is 43.2 Å². The van der Waals surface area contributed by atoms with Crippen LogP contribution in [0.3, 0.4) is 0 Å². The molecule has 2 heterocycles. The van der Waals surface area contributed by atoms with Crippen molar-refractivity contribution < 1.29 is 23.7 Å². The van der Waals surface area contributed by atoms with Crippen LogP contribution in [0.25, 0.3) is 0 Å². The van der Waals surface area contributed by atoms with E-state index >= 15 is 0 Å². The van der Waals surface area contributed by atoms with Crippen LogP contribution in [-0.4, -0.2) is 42.0 Å². The summed E-state index contributed by atoms with van der Waals surface area (Å²) in [7, 11) is 4.66. The lowest BCUT2D eigenvalue weighted by atomic mass is 9.94. The van der Waals surface area contributed by atoms with Gasteiger partial charge in [0.25, 0.3) is 5.91 Å². The molecule has 11 heteroatoms. The van der Waals surface area contributed by atoms with E-state index in [1.807, 2.05) is 43.3 Å². The molecule has 206 valence electrons. The molecule has 0 radical (unpaired) electrons. The van der Waals surface area contributed by atoms with Crippen LogP contribution in [0, 0.1) is 0 Å². The van der Waals surface area contributed by atoms with Crippen molar-refractivity contribution in [1.29, 1.82) is 0 Å². The fourth-order valence-electron chi connectivity index (χ4n) is 4.53. The summed E-state index contributed by atoms with van der Waals surface area (Å²) >= 11 is 6.29. The molecule has 0 bridgehead atoms. The first-order chi connectivity index (χ1) is 19.4. The predicted octanol–water partition coefficient (Wildman–Crippen LogP) is 5.46. The topological polar surface area (TPSA) is 109 Å². The lowest BCUT2D eigenvalue weighted by Gasteiger charge is -2.29. The van der Waals surface area contributed by atoms with Gasteiger partial charge in [0.1, 0.15) is 30.5 Å². The van der Waals surface area contributed by atoms with Crippen LogP contribution < -0.4 is 29.6 Å². The van der Waals surface area contributed by atoms with E-state index in [0.717, 1.165) is 11.1 Å². The highest BCUT2D eigenvalue weighted by molar-refractivity contribution is 6.31. The molecule has 3 aromatic carbocycles. The maximum Gasteiger partial charge on any atom is 0.255 e. The van der Waals surface area contributed by atoms with Gasteiger partial charge in [-0.15, -0.1) is 0 Å². The Bertz CT molecular complexity index is 1580. The molecular weight excluding hydrogens is 534 g/mol. The molecule has 4 aromatic rings. The number of hydrogen-bond donors (Lipinski definition) is 2. The number of allylic oxidation sites excluding steroid dienone is 1. The highest BCUT2D eigenvalue weighted by Gasteiger charge is 2.34. The number of carbonyl (C=O) groups excluding carboxylic acids is 1. The van der Waals surface area contributed by atoms with E-state index in [0.29, 0.717) is 50.9 Å². The first-order valence-corrected chi connectivity index (χ1v) is 12.8. The molecule has 1 aromatic heterocycles. The molecule has 10 nitrogen and oxygen atoms in total. The molecule has 0 spiro atoms. The monoisotopic (exact) mass is 561 g/mol. The van der Waals surface area contributed by atoms with Crippen LogP contribution >= 0.6 is 11.6 Å². The maximum atomic E-state index is 13.8. The molecule has 40 heavy (non-hydrogen) atoms. The number of amides is 1. The number of fused-ring (bicyclic) bond motifs is 1. The molecule has 0 saturated carbocycles. The first-order valence-electron chi connectivity index (χ1n) is 12.4. The molecule has 0 fully saturated rings. The van der Waals surface area contributed by atoms with Gasteiger partial charge in [0.05, 0.1) is 32.6 Å². The summed E-state index contributed by atoms with van der Waals surface area (Å²) in [5.74, 6) is 2.29. The minimum absolute atomic E-state index is 0.270. The number of anilines is 2. The number of nitrogens with one attached hydrogen (secondary N) is 2. The number of rotatable bonds is 9. The molecular formula is C29H28ClN5O5.